The molecule has 0 radical (unpaired) electrons. The Hall–Kier alpha value is -3.33. The van der Waals surface area contributed by atoms with Crippen molar-refractivity contribution in [1.82, 2.24) is 41.8 Å². The molecule has 0 bridgehead atoms. The fourth-order valence-corrected chi connectivity index (χ4v) is 3.50. The van der Waals surface area contributed by atoms with E-state index in [1.54, 1.807) is 0 Å². The van der Waals surface area contributed by atoms with Crippen molar-refractivity contribution in [2.45, 2.75) is 31.7 Å². The Bertz CT molecular complexity index is 1030. The standard InChI is InChI=1S/C18H20F4N8O2S/c1-23-15(31)13-9-30(29-26-13)8-11(19)2-3-14-27-28-17(33-14)16(32)25-7-12-6-10(4-5-24-12)18(20,21)22/h4-6,9,11,26,29H,2-3,7-8H2,1H3,(H,23,31)(H,25,32)/t11-/m0/s1. The summed E-state index contributed by atoms with van der Waals surface area (Å²) in [5, 5.41) is 14.3. The Labute approximate surface area is 189 Å². The Morgan fingerprint density at radius 2 is 2.06 bits per heavy atom. The van der Waals surface area contributed by atoms with E-state index in [2.05, 4.69) is 36.8 Å². The maximum absolute atomic E-state index is 14.3. The summed E-state index contributed by atoms with van der Waals surface area (Å²) < 4.78 is 52.6. The average Bonchev–Trinajstić information content (AvgIpc) is 3.45. The van der Waals surface area contributed by atoms with Gasteiger partial charge in [0, 0.05) is 25.9 Å². The zero-order chi connectivity index (χ0) is 24.0. The Balaban J connectivity index is 1.45. The lowest BCUT2D eigenvalue weighted by atomic mass is 10.2. The molecule has 0 fully saturated rings. The van der Waals surface area contributed by atoms with Crippen LogP contribution in [0.5, 0.6) is 0 Å². The number of halogens is 4. The quantitative estimate of drug-likeness (QED) is 0.387. The van der Waals surface area contributed by atoms with Crippen LogP contribution in [0.2, 0.25) is 0 Å². The summed E-state index contributed by atoms with van der Waals surface area (Å²) in [6.45, 7) is -0.240. The number of pyridine rings is 1. The smallest absolute Gasteiger partial charge is 0.354 e. The molecule has 0 aromatic carbocycles. The molecule has 1 aliphatic rings. The summed E-state index contributed by atoms with van der Waals surface area (Å²) in [7, 11) is 1.48. The van der Waals surface area contributed by atoms with E-state index in [0.29, 0.717) is 5.01 Å². The maximum Gasteiger partial charge on any atom is 0.416 e. The number of hydrazine groups is 2. The van der Waals surface area contributed by atoms with Crippen molar-refractivity contribution in [2.75, 3.05) is 13.6 Å². The van der Waals surface area contributed by atoms with Crippen LogP contribution >= 0.6 is 11.3 Å². The van der Waals surface area contributed by atoms with Crippen LogP contribution in [-0.4, -0.2) is 51.8 Å². The Morgan fingerprint density at radius 3 is 2.79 bits per heavy atom. The predicted octanol–water partition coefficient (Wildman–Crippen LogP) is 1.06. The molecule has 1 atom stereocenters. The van der Waals surface area contributed by atoms with Gasteiger partial charge in [-0.15, -0.1) is 15.7 Å². The summed E-state index contributed by atoms with van der Waals surface area (Å²) in [6.07, 6.45) is -2.97. The zero-order valence-electron chi connectivity index (χ0n) is 17.2. The minimum absolute atomic E-state index is 0.0101. The number of rotatable bonds is 9. The molecule has 33 heavy (non-hydrogen) atoms. The molecule has 3 rings (SSSR count). The number of carbonyl (C=O) groups is 2. The topological polar surface area (TPSA) is 124 Å². The molecule has 0 saturated carbocycles. The maximum atomic E-state index is 14.3. The second-order valence-corrected chi connectivity index (χ2v) is 7.93. The lowest BCUT2D eigenvalue weighted by molar-refractivity contribution is -0.137. The molecule has 2 amide bonds. The third kappa shape index (κ3) is 6.82. The number of carbonyl (C=O) groups excluding carboxylic acids is 2. The van der Waals surface area contributed by atoms with Gasteiger partial charge < -0.3 is 10.6 Å². The molecule has 2 aromatic rings. The third-order valence-corrected chi connectivity index (χ3v) is 5.37. The van der Waals surface area contributed by atoms with Gasteiger partial charge >= 0.3 is 6.18 Å². The first kappa shape index (κ1) is 24.3. The number of amides is 2. The highest BCUT2D eigenvalue weighted by Gasteiger charge is 2.30. The molecule has 0 aliphatic carbocycles. The molecule has 0 spiro atoms. The summed E-state index contributed by atoms with van der Waals surface area (Å²) in [6, 6.07) is 1.69. The van der Waals surface area contributed by atoms with Crippen molar-refractivity contribution in [1.29, 1.82) is 0 Å². The monoisotopic (exact) mass is 488 g/mol. The van der Waals surface area contributed by atoms with Crippen molar-refractivity contribution in [3.05, 3.63) is 51.5 Å². The lowest BCUT2D eigenvalue weighted by Crippen LogP contribution is -2.41. The van der Waals surface area contributed by atoms with Crippen molar-refractivity contribution in [3.8, 4) is 0 Å². The first-order valence-corrected chi connectivity index (χ1v) is 10.5. The van der Waals surface area contributed by atoms with Crippen LogP contribution in [0.1, 0.15) is 32.5 Å². The zero-order valence-corrected chi connectivity index (χ0v) is 18.1. The Morgan fingerprint density at radius 1 is 1.27 bits per heavy atom. The van der Waals surface area contributed by atoms with Crippen LogP contribution in [0.25, 0.3) is 0 Å². The highest BCUT2D eigenvalue weighted by molar-refractivity contribution is 7.13. The minimum Gasteiger partial charge on any atom is -0.354 e. The fraction of sp³-hybridized carbons (Fsp3) is 0.389. The van der Waals surface area contributed by atoms with E-state index in [0.717, 1.165) is 29.7 Å². The van der Waals surface area contributed by atoms with Crippen molar-refractivity contribution in [3.63, 3.8) is 0 Å². The highest BCUT2D eigenvalue weighted by atomic mass is 32.1. The summed E-state index contributed by atoms with van der Waals surface area (Å²) in [5.41, 5.74) is 4.71. The van der Waals surface area contributed by atoms with Crippen LogP contribution in [0.4, 0.5) is 17.6 Å². The second kappa shape index (κ2) is 10.5. The van der Waals surface area contributed by atoms with E-state index in [-0.39, 0.29) is 48.2 Å². The SMILES string of the molecule is CNC(=O)C1=CN(C[C@@H](F)CCc2nnc(C(=O)NCc3cc(C(F)(F)F)ccn3)s2)NN1. The lowest BCUT2D eigenvalue weighted by Gasteiger charge is -2.17. The first-order valence-electron chi connectivity index (χ1n) is 9.64. The number of nitrogens with zero attached hydrogens (tertiary/aromatic N) is 4. The van der Waals surface area contributed by atoms with Crippen LogP contribution in [0.15, 0.2) is 30.2 Å². The summed E-state index contributed by atoms with van der Waals surface area (Å²) in [4.78, 5) is 27.5. The minimum atomic E-state index is -4.51. The average molecular weight is 488 g/mol. The molecule has 1 aliphatic heterocycles. The molecule has 15 heteroatoms. The van der Waals surface area contributed by atoms with Gasteiger partial charge in [0.2, 0.25) is 5.01 Å². The number of aryl methyl sites for hydroxylation is 1. The van der Waals surface area contributed by atoms with Crippen molar-refractivity contribution >= 4 is 23.2 Å². The number of hydrogen-bond acceptors (Lipinski definition) is 9. The molecule has 0 saturated heterocycles. The van der Waals surface area contributed by atoms with Gasteiger partial charge in [-0.25, -0.2) is 4.39 Å². The highest BCUT2D eigenvalue weighted by Crippen LogP contribution is 2.29. The van der Waals surface area contributed by atoms with E-state index in [9.17, 15) is 27.2 Å². The van der Waals surface area contributed by atoms with Gasteiger partial charge in [0.1, 0.15) is 16.9 Å². The molecule has 10 nitrogen and oxygen atoms in total. The van der Waals surface area contributed by atoms with E-state index in [1.807, 2.05) is 0 Å². The first-order chi connectivity index (χ1) is 15.7. The van der Waals surface area contributed by atoms with Gasteiger partial charge in [-0.3, -0.25) is 25.0 Å². The number of aromatic nitrogens is 3. The van der Waals surface area contributed by atoms with Crippen LogP contribution in [0, 0.1) is 0 Å². The van der Waals surface area contributed by atoms with E-state index >= 15 is 0 Å². The molecular formula is C18H20F4N8O2S. The molecule has 2 aromatic heterocycles. The Kier molecular flexibility index (Phi) is 7.75. The van der Waals surface area contributed by atoms with Crippen LogP contribution < -0.4 is 21.6 Å². The third-order valence-electron chi connectivity index (χ3n) is 4.39. The number of nitrogens with one attached hydrogen (secondary N) is 4. The van der Waals surface area contributed by atoms with E-state index < -0.39 is 23.8 Å². The van der Waals surface area contributed by atoms with Gasteiger partial charge in [-0.05, 0) is 18.6 Å². The molecular weight excluding hydrogens is 468 g/mol. The van der Waals surface area contributed by atoms with Gasteiger partial charge in [-0.1, -0.05) is 11.3 Å². The summed E-state index contributed by atoms with van der Waals surface area (Å²) in [5.74, 6) is -0.960. The molecule has 3 heterocycles. The van der Waals surface area contributed by atoms with Crippen molar-refractivity contribution < 1.29 is 27.2 Å². The normalized spacial score (nSPS) is 14.5. The van der Waals surface area contributed by atoms with Crippen LogP contribution in [-0.2, 0) is 23.9 Å². The molecule has 4 N–H and O–H groups in total. The van der Waals surface area contributed by atoms with Crippen LogP contribution in [0.3, 0.4) is 0 Å². The van der Waals surface area contributed by atoms with Gasteiger partial charge in [0.15, 0.2) is 0 Å². The van der Waals surface area contributed by atoms with E-state index in [4.69, 9.17) is 0 Å². The number of alkyl halides is 4. The van der Waals surface area contributed by atoms with Gasteiger partial charge in [0.05, 0.1) is 24.3 Å². The largest absolute Gasteiger partial charge is 0.416 e. The molecule has 178 valence electrons. The summed E-state index contributed by atoms with van der Waals surface area (Å²) >= 11 is 0.968. The fourth-order valence-electron chi connectivity index (χ4n) is 2.73. The van der Waals surface area contributed by atoms with Gasteiger partial charge in [-0.2, -0.15) is 13.2 Å². The number of likely N-dealkylation sites (N-methyl/N-ethyl adjacent to an activating group) is 1. The second-order valence-electron chi connectivity index (χ2n) is 6.86. The van der Waals surface area contributed by atoms with Crippen molar-refractivity contribution in [2.24, 2.45) is 0 Å². The number of hydrogen-bond donors (Lipinski definition) is 4. The predicted molar refractivity (Wildman–Crippen MR) is 109 cm³/mol. The molecule has 0 unspecified atom stereocenters. The van der Waals surface area contributed by atoms with Gasteiger partial charge in [0.25, 0.3) is 11.8 Å². The van der Waals surface area contributed by atoms with E-state index in [1.165, 1.54) is 18.3 Å².